The third-order valence-electron chi connectivity index (χ3n) is 6.45. The van der Waals surface area contributed by atoms with Crippen LogP contribution < -0.4 is 10.2 Å². The van der Waals surface area contributed by atoms with Crippen molar-refractivity contribution in [1.82, 2.24) is 19.5 Å². The average molecular weight is 419 g/mol. The van der Waals surface area contributed by atoms with Gasteiger partial charge in [-0.25, -0.2) is 15.0 Å². The molecule has 0 unspecified atom stereocenters. The van der Waals surface area contributed by atoms with Crippen LogP contribution in [0.4, 0.5) is 11.5 Å². The van der Waals surface area contributed by atoms with Gasteiger partial charge >= 0.3 is 0 Å². The quantitative estimate of drug-likeness (QED) is 0.695. The van der Waals surface area contributed by atoms with Crippen LogP contribution in [0.15, 0.2) is 24.5 Å². The number of amides is 1. The smallest absolute Gasteiger partial charge is 0.229 e. The molecule has 0 saturated carbocycles. The summed E-state index contributed by atoms with van der Waals surface area (Å²) in [6.45, 7) is 6.63. The standard InChI is InChI=1S/C24H30N6O/c1-16-11-17(2)13-19(12-16)27-24(31)18-7-6-9-29(14-18)22-21-23(26-15-25-22)30-10-5-3-4-8-20(30)28-21/h11-13,15,18H,3-10,14H2,1-2H3,(H,27,31)/t18-/m1/s1. The Balaban J connectivity index is 1.38. The lowest BCUT2D eigenvalue weighted by Crippen LogP contribution is -2.41. The van der Waals surface area contributed by atoms with Crippen LogP contribution in [0, 0.1) is 19.8 Å². The molecule has 1 N–H and O–H groups in total. The number of carbonyl (C=O) groups is 1. The van der Waals surface area contributed by atoms with Crippen molar-refractivity contribution in [3.63, 3.8) is 0 Å². The van der Waals surface area contributed by atoms with E-state index in [0.29, 0.717) is 6.54 Å². The van der Waals surface area contributed by atoms with E-state index in [4.69, 9.17) is 4.98 Å². The van der Waals surface area contributed by atoms with Crippen LogP contribution in [0.1, 0.15) is 49.1 Å². The molecule has 1 atom stereocenters. The van der Waals surface area contributed by atoms with Gasteiger partial charge in [-0.1, -0.05) is 12.5 Å². The molecule has 3 aromatic rings. The molecule has 0 spiro atoms. The fourth-order valence-electron chi connectivity index (χ4n) is 5.03. The molecule has 0 radical (unpaired) electrons. The van der Waals surface area contributed by atoms with Gasteiger partial charge in [-0.3, -0.25) is 4.79 Å². The number of aromatic nitrogens is 4. The van der Waals surface area contributed by atoms with E-state index in [1.165, 1.54) is 19.3 Å². The highest BCUT2D eigenvalue weighted by molar-refractivity contribution is 5.93. The van der Waals surface area contributed by atoms with Gasteiger partial charge in [-0.05, 0) is 62.8 Å². The Morgan fingerprint density at radius 1 is 1.03 bits per heavy atom. The Morgan fingerprint density at radius 2 is 1.87 bits per heavy atom. The molecule has 4 heterocycles. The zero-order valence-electron chi connectivity index (χ0n) is 18.4. The molecule has 1 amide bonds. The molecule has 162 valence electrons. The van der Waals surface area contributed by atoms with Gasteiger partial charge in [0, 0.05) is 31.7 Å². The second-order valence-electron chi connectivity index (χ2n) is 9.01. The molecular formula is C24H30N6O. The predicted molar refractivity (Wildman–Crippen MR) is 122 cm³/mol. The Morgan fingerprint density at radius 3 is 2.71 bits per heavy atom. The summed E-state index contributed by atoms with van der Waals surface area (Å²) in [7, 11) is 0. The van der Waals surface area contributed by atoms with Crippen LogP contribution >= 0.6 is 0 Å². The lowest BCUT2D eigenvalue weighted by molar-refractivity contribution is -0.120. The lowest BCUT2D eigenvalue weighted by atomic mass is 9.96. The molecule has 7 nitrogen and oxygen atoms in total. The number of imidazole rings is 1. The number of aryl methyl sites for hydroxylation is 4. The van der Waals surface area contributed by atoms with Gasteiger partial charge in [0.05, 0.1) is 5.92 Å². The van der Waals surface area contributed by atoms with Crippen molar-refractivity contribution in [1.29, 1.82) is 0 Å². The molecule has 0 aliphatic carbocycles. The summed E-state index contributed by atoms with van der Waals surface area (Å²) in [6, 6.07) is 6.17. The average Bonchev–Trinajstić information content (AvgIpc) is 2.94. The first-order valence-electron chi connectivity index (χ1n) is 11.4. The van der Waals surface area contributed by atoms with Crippen molar-refractivity contribution >= 4 is 28.6 Å². The highest BCUT2D eigenvalue weighted by Gasteiger charge is 2.29. The molecule has 1 aromatic carbocycles. The number of nitrogens with one attached hydrogen (secondary N) is 1. The molecule has 7 heteroatoms. The number of hydrogen-bond donors (Lipinski definition) is 1. The van der Waals surface area contributed by atoms with Crippen LogP contribution in [-0.4, -0.2) is 38.5 Å². The first kappa shape index (κ1) is 20.0. The summed E-state index contributed by atoms with van der Waals surface area (Å²) in [5.41, 5.74) is 5.01. The molecular weight excluding hydrogens is 388 g/mol. The number of anilines is 2. The molecule has 2 aromatic heterocycles. The number of piperidine rings is 1. The van der Waals surface area contributed by atoms with Crippen molar-refractivity contribution in [3.8, 4) is 0 Å². The van der Waals surface area contributed by atoms with E-state index in [9.17, 15) is 4.79 Å². The third kappa shape index (κ3) is 4.01. The summed E-state index contributed by atoms with van der Waals surface area (Å²) in [5.74, 6) is 2.01. The topological polar surface area (TPSA) is 75.9 Å². The van der Waals surface area contributed by atoms with Crippen molar-refractivity contribution in [2.75, 3.05) is 23.3 Å². The minimum absolute atomic E-state index is 0.0694. The zero-order chi connectivity index (χ0) is 21.4. The van der Waals surface area contributed by atoms with Crippen molar-refractivity contribution in [3.05, 3.63) is 41.5 Å². The first-order valence-corrected chi connectivity index (χ1v) is 11.4. The van der Waals surface area contributed by atoms with E-state index < -0.39 is 0 Å². The Kier molecular flexibility index (Phi) is 5.34. The highest BCUT2D eigenvalue weighted by atomic mass is 16.1. The summed E-state index contributed by atoms with van der Waals surface area (Å²) < 4.78 is 2.27. The number of nitrogens with zero attached hydrogens (tertiary/aromatic N) is 5. The van der Waals surface area contributed by atoms with Crippen molar-refractivity contribution < 1.29 is 4.79 Å². The zero-order valence-corrected chi connectivity index (χ0v) is 18.4. The SMILES string of the molecule is Cc1cc(C)cc(NC(=O)[C@@H]2CCCN(c3ncnc4c3nc3n4CCCCC3)C2)c1. The van der Waals surface area contributed by atoms with Crippen LogP contribution in [0.2, 0.25) is 0 Å². The van der Waals surface area contributed by atoms with Crippen molar-refractivity contribution in [2.45, 2.75) is 58.9 Å². The Labute approximate surface area is 182 Å². The highest BCUT2D eigenvalue weighted by Crippen LogP contribution is 2.30. The first-order chi connectivity index (χ1) is 15.1. The van der Waals surface area contributed by atoms with E-state index in [1.54, 1.807) is 6.33 Å². The summed E-state index contributed by atoms with van der Waals surface area (Å²) in [4.78, 5) is 29.4. The maximum Gasteiger partial charge on any atom is 0.229 e. The van der Waals surface area contributed by atoms with Gasteiger partial charge in [-0.2, -0.15) is 0 Å². The van der Waals surface area contributed by atoms with Gasteiger partial charge in [0.2, 0.25) is 5.91 Å². The minimum atomic E-state index is -0.0694. The molecule has 2 aliphatic rings. The van der Waals surface area contributed by atoms with Gasteiger partial charge in [0.15, 0.2) is 17.0 Å². The second-order valence-corrected chi connectivity index (χ2v) is 9.01. The number of fused-ring (bicyclic) bond motifs is 3. The van der Waals surface area contributed by atoms with E-state index >= 15 is 0 Å². The monoisotopic (exact) mass is 418 g/mol. The van der Waals surface area contributed by atoms with E-state index in [1.807, 2.05) is 12.1 Å². The predicted octanol–water partition coefficient (Wildman–Crippen LogP) is 4.02. The fraction of sp³-hybridized carbons (Fsp3) is 0.500. The molecule has 2 aliphatic heterocycles. The normalized spacial score (nSPS) is 19.2. The molecule has 0 bridgehead atoms. The summed E-state index contributed by atoms with van der Waals surface area (Å²) in [6.07, 6.45) is 8.09. The van der Waals surface area contributed by atoms with E-state index in [0.717, 1.165) is 72.0 Å². The number of rotatable bonds is 3. The number of hydrogen-bond acceptors (Lipinski definition) is 5. The number of benzene rings is 1. The van der Waals surface area contributed by atoms with Gasteiger partial charge in [0.1, 0.15) is 12.2 Å². The van der Waals surface area contributed by atoms with Crippen molar-refractivity contribution in [2.24, 2.45) is 5.92 Å². The van der Waals surface area contributed by atoms with Crippen LogP contribution in [0.5, 0.6) is 0 Å². The van der Waals surface area contributed by atoms with Crippen LogP contribution in [-0.2, 0) is 17.8 Å². The fourth-order valence-corrected chi connectivity index (χ4v) is 5.03. The molecule has 1 fully saturated rings. The van der Waals surface area contributed by atoms with Gasteiger partial charge in [0.25, 0.3) is 0 Å². The molecule has 5 rings (SSSR count). The lowest BCUT2D eigenvalue weighted by Gasteiger charge is -2.32. The van der Waals surface area contributed by atoms with Gasteiger partial charge in [-0.15, -0.1) is 0 Å². The Hall–Kier alpha value is -2.96. The molecule has 31 heavy (non-hydrogen) atoms. The van der Waals surface area contributed by atoms with Gasteiger partial charge < -0.3 is 14.8 Å². The minimum Gasteiger partial charge on any atom is -0.354 e. The number of carbonyl (C=O) groups excluding carboxylic acids is 1. The molecule has 1 saturated heterocycles. The van der Waals surface area contributed by atoms with Crippen LogP contribution in [0.3, 0.4) is 0 Å². The summed E-state index contributed by atoms with van der Waals surface area (Å²) >= 11 is 0. The second kappa shape index (κ2) is 8.29. The van der Waals surface area contributed by atoms with E-state index in [-0.39, 0.29) is 11.8 Å². The largest absolute Gasteiger partial charge is 0.354 e. The van der Waals surface area contributed by atoms with E-state index in [2.05, 4.69) is 44.7 Å². The summed E-state index contributed by atoms with van der Waals surface area (Å²) in [5, 5.41) is 3.13. The Bertz CT molecular complexity index is 1100. The maximum atomic E-state index is 13.0. The maximum absolute atomic E-state index is 13.0. The van der Waals surface area contributed by atoms with Crippen LogP contribution in [0.25, 0.3) is 11.2 Å². The third-order valence-corrected chi connectivity index (χ3v) is 6.45.